The van der Waals surface area contributed by atoms with Crippen LogP contribution in [0.3, 0.4) is 0 Å². The summed E-state index contributed by atoms with van der Waals surface area (Å²) in [5, 5.41) is 0. The van der Waals surface area contributed by atoms with Crippen molar-refractivity contribution >= 4 is 38.7 Å². The van der Waals surface area contributed by atoms with E-state index in [9.17, 15) is 0 Å². The lowest BCUT2D eigenvalue weighted by Crippen LogP contribution is -2.11. The molecule has 0 aliphatic heterocycles. The molecule has 4 aromatic heterocycles. The van der Waals surface area contributed by atoms with E-state index in [-0.39, 0.29) is 23.5 Å². The highest BCUT2D eigenvalue weighted by Crippen LogP contribution is 2.37. The quantitative estimate of drug-likeness (QED) is 0.143. The van der Waals surface area contributed by atoms with Gasteiger partial charge in [0.2, 0.25) is 0 Å². The van der Waals surface area contributed by atoms with Crippen molar-refractivity contribution in [2.24, 2.45) is 0 Å². The molecule has 0 amide bonds. The van der Waals surface area contributed by atoms with Gasteiger partial charge in [0, 0.05) is 28.1 Å². The molecule has 1 unspecified atom stereocenters. The van der Waals surface area contributed by atoms with Gasteiger partial charge >= 0.3 is 0 Å². The Bertz CT molecular complexity index is 3940. The Morgan fingerprint density at radius 1 is 0.375 bits per heavy atom. The van der Waals surface area contributed by atoms with Gasteiger partial charge in [-0.15, -0.1) is 0 Å². The van der Waals surface area contributed by atoms with Crippen LogP contribution in [-0.4, -0.2) is 43.6 Å². The second kappa shape index (κ2) is 17.4. The van der Waals surface area contributed by atoms with Gasteiger partial charge in [-0.3, -0.25) is 9.13 Å². The van der Waals surface area contributed by atoms with E-state index in [1.54, 1.807) is 48.5 Å². The van der Waals surface area contributed by atoms with Crippen LogP contribution in [0.15, 0.2) is 212 Å². The zero-order chi connectivity index (χ0) is 48.3. The van der Waals surface area contributed by atoms with E-state index in [1.807, 2.05) is 143 Å². The second-order valence-corrected chi connectivity index (χ2v) is 17.5. The summed E-state index contributed by atoms with van der Waals surface area (Å²) in [6, 6.07) is 58.8. The number of hydrogen-bond acceptors (Lipinski definition) is 6. The Balaban J connectivity index is 0.909. The van der Waals surface area contributed by atoms with Crippen LogP contribution in [0.5, 0.6) is 0 Å². The number of rotatable bonds is 9. The third kappa shape index (κ3) is 7.35. The normalized spacial score (nSPS) is 13.6. The Morgan fingerprint density at radius 2 is 0.764 bits per heavy atom. The minimum absolute atomic E-state index is 0.182. The number of aromatic nitrogens is 9. The topological polar surface area (TPSA) is 92.1 Å². The molecule has 0 radical (unpaired) electrons. The summed E-state index contributed by atoms with van der Waals surface area (Å²) in [6.45, 7) is 0. The number of imidazole rings is 3. The van der Waals surface area contributed by atoms with Crippen LogP contribution in [0.25, 0.3) is 107 Å². The van der Waals surface area contributed by atoms with Crippen molar-refractivity contribution in [1.82, 2.24) is 43.6 Å². The molecule has 1 atom stereocenters. The van der Waals surface area contributed by atoms with E-state index in [0.29, 0.717) is 58.1 Å². The van der Waals surface area contributed by atoms with Crippen molar-refractivity contribution in [3.8, 4) is 68.3 Å². The van der Waals surface area contributed by atoms with Crippen molar-refractivity contribution in [2.45, 2.75) is 12.5 Å². The molecule has 1 aliphatic carbocycles. The molecular weight excluding hydrogens is 904 g/mol. The zero-order valence-corrected chi connectivity index (χ0v) is 38.2. The predicted octanol–water partition coefficient (Wildman–Crippen LogP) is 14.2. The van der Waals surface area contributed by atoms with E-state index in [1.165, 1.54) is 18.2 Å². The second-order valence-electron chi connectivity index (χ2n) is 17.5. The molecule has 9 nitrogen and oxygen atoms in total. The largest absolute Gasteiger partial charge is 0.317 e. The highest BCUT2D eigenvalue weighted by molar-refractivity contribution is 5.86. The fourth-order valence-corrected chi connectivity index (χ4v) is 9.68. The van der Waals surface area contributed by atoms with Gasteiger partial charge in [0.25, 0.3) is 0 Å². The van der Waals surface area contributed by atoms with Crippen molar-refractivity contribution in [1.29, 1.82) is 0 Å². The standard InChI is InChI=1S/C60H38F3N9/c61-46-16-4-1-13-43(46)58-64-49-19-7-10-22-52(49)70(58)40-31-25-37(26-32-40)55-67-56(38-27-33-41(34-28-38)71-53-23-11-8-20-50(53)65-59(71)44-14-2-5-17-47(44)62)69-57(68-55)39-29-35-42(36-30-39)72-54-24-12-9-21-51(54)66-60(72)45-15-3-6-18-48(45)63/h1-35,42H,36H2. The number of fused-ring (bicyclic) bond motifs is 3. The third-order valence-corrected chi connectivity index (χ3v) is 13.1. The van der Waals surface area contributed by atoms with Gasteiger partial charge in [0.1, 0.15) is 34.9 Å². The summed E-state index contributed by atoms with van der Waals surface area (Å²) < 4.78 is 52.1. The van der Waals surface area contributed by atoms with Crippen LogP contribution >= 0.6 is 0 Å². The number of benzene rings is 8. The van der Waals surface area contributed by atoms with Crippen LogP contribution in [0.1, 0.15) is 18.3 Å². The van der Waals surface area contributed by atoms with E-state index in [2.05, 4.69) is 16.7 Å². The Morgan fingerprint density at radius 3 is 1.22 bits per heavy atom. The van der Waals surface area contributed by atoms with E-state index in [4.69, 9.17) is 29.9 Å². The van der Waals surface area contributed by atoms with Crippen molar-refractivity contribution < 1.29 is 13.2 Å². The smallest absolute Gasteiger partial charge is 0.164 e. The summed E-state index contributed by atoms with van der Waals surface area (Å²) >= 11 is 0. The monoisotopic (exact) mass is 941 g/mol. The van der Waals surface area contributed by atoms with Gasteiger partial charge in [-0.25, -0.2) is 43.1 Å². The van der Waals surface area contributed by atoms with Crippen LogP contribution in [0.2, 0.25) is 0 Å². The van der Waals surface area contributed by atoms with Crippen LogP contribution in [0, 0.1) is 17.5 Å². The molecule has 0 spiro atoms. The molecule has 4 heterocycles. The Labute approximate surface area is 410 Å². The van der Waals surface area contributed by atoms with Gasteiger partial charge < -0.3 is 4.57 Å². The lowest BCUT2D eigenvalue weighted by molar-refractivity contribution is 0.611. The average molecular weight is 942 g/mol. The first-order chi connectivity index (χ1) is 35.4. The first-order valence-electron chi connectivity index (χ1n) is 23.5. The predicted molar refractivity (Wildman–Crippen MR) is 277 cm³/mol. The molecule has 344 valence electrons. The van der Waals surface area contributed by atoms with E-state index < -0.39 is 0 Å². The maximum absolute atomic E-state index is 15.4. The minimum Gasteiger partial charge on any atom is -0.317 e. The summed E-state index contributed by atoms with van der Waals surface area (Å²) in [5.74, 6) is 1.79. The number of hydrogen-bond donors (Lipinski definition) is 0. The fourth-order valence-electron chi connectivity index (χ4n) is 9.68. The van der Waals surface area contributed by atoms with E-state index in [0.717, 1.165) is 61.2 Å². The number of para-hydroxylation sites is 6. The SMILES string of the molecule is Fc1ccccc1-c1nc2ccccc2n1-c1ccc(-c2nc(C3=CCC(n4c(-c5ccccc5F)nc5ccccc54)C=C3)nc(-c3ccc(-n4c(-c5ccccc5F)nc5ccccc54)cc3)n2)cc1. The molecule has 0 saturated heterocycles. The zero-order valence-electron chi connectivity index (χ0n) is 38.2. The highest BCUT2D eigenvalue weighted by Gasteiger charge is 2.24. The van der Waals surface area contributed by atoms with E-state index >= 15 is 13.2 Å². The molecule has 1 aliphatic rings. The van der Waals surface area contributed by atoms with Gasteiger partial charge in [-0.1, -0.05) is 91.0 Å². The molecule has 13 rings (SSSR count). The molecule has 0 fully saturated rings. The van der Waals surface area contributed by atoms with Gasteiger partial charge in [-0.05, 0) is 128 Å². The van der Waals surface area contributed by atoms with Gasteiger partial charge in [0.05, 0.1) is 55.8 Å². The molecule has 0 N–H and O–H groups in total. The molecule has 0 saturated carbocycles. The van der Waals surface area contributed by atoms with Crippen LogP contribution in [-0.2, 0) is 0 Å². The maximum Gasteiger partial charge on any atom is 0.164 e. The molecule has 12 aromatic rings. The lowest BCUT2D eigenvalue weighted by Gasteiger charge is -2.21. The third-order valence-electron chi connectivity index (χ3n) is 13.1. The Hall–Kier alpha value is -9.55. The minimum atomic E-state index is -0.367. The number of halogens is 3. The van der Waals surface area contributed by atoms with Crippen LogP contribution < -0.4 is 0 Å². The molecule has 0 bridgehead atoms. The lowest BCUT2D eigenvalue weighted by atomic mass is 10.0. The number of nitrogens with zero attached hydrogens (tertiary/aromatic N) is 9. The van der Waals surface area contributed by atoms with Gasteiger partial charge in [-0.2, -0.15) is 0 Å². The summed E-state index contributed by atoms with van der Waals surface area (Å²) in [5.41, 5.74) is 9.84. The summed E-state index contributed by atoms with van der Waals surface area (Å²) in [6.07, 6.45) is 6.75. The highest BCUT2D eigenvalue weighted by atomic mass is 19.1. The fraction of sp³-hybridized carbons (Fsp3) is 0.0333. The molecular formula is C60H38F3N9. The van der Waals surface area contributed by atoms with Gasteiger partial charge in [0.15, 0.2) is 17.5 Å². The molecule has 72 heavy (non-hydrogen) atoms. The Kier molecular flexibility index (Phi) is 10.3. The molecule has 8 aromatic carbocycles. The first kappa shape index (κ1) is 42.5. The molecule has 12 heteroatoms. The van der Waals surface area contributed by atoms with Crippen molar-refractivity contribution in [3.63, 3.8) is 0 Å². The van der Waals surface area contributed by atoms with Crippen molar-refractivity contribution in [3.05, 3.63) is 236 Å². The van der Waals surface area contributed by atoms with Crippen molar-refractivity contribution in [2.75, 3.05) is 0 Å². The first-order valence-corrected chi connectivity index (χ1v) is 23.5. The average Bonchev–Trinajstić information content (AvgIpc) is 4.13. The number of allylic oxidation sites excluding steroid dienone is 4. The summed E-state index contributed by atoms with van der Waals surface area (Å²) in [4.78, 5) is 29.9. The maximum atomic E-state index is 15.4. The summed E-state index contributed by atoms with van der Waals surface area (Å²) in [7, 11) is 0. The van der Waals surface area contributed by atoms with Crippen LogP contribution in [0.4, 0.5) is 13.2 Å².